The minimum Gasteiger partial charge on any atom is -0.300 e. The highest BCUT2D eigenvalue weighted by Gasteiger charge is 2.37. The normalized spacial score (nSPS) is 21.2. The summed E-state index contributed by atoms with van der Waals surface area (Å²) in [6, 6.07) is 0. The SMILES string of the molecule is C=CC1(C(=O)SC)CCC(=O)CC1. The fourth-order valence-corrected chi connectivity index (χ4v) is 2.36. The Balaban J connectivity index is 2.76. The van der Waals surface area contributed by atoms with Crippen molar-refractivity contribution in [2.45, 2.75) is 25.7 Å². The first-order chi connectivity index (χ1) is 6.14. The molecule has 13 heavy (non-hydrogen) atoms. The molecule has 0 atom stereocenters. The zero-order valence-electron chi connectivity index (χ0n) is 7.84. The van der Waals surface area contributed by atoms with Crippen molar-refractivity contribution in [1.82, 2.24) is 0 Å². The minimum atomic E-state index is -0.423. The fraction of sp³-hybridized carbons (Fsp3) is 0.600. The van der Waals surface area contributed by atoms with Crippen LogP contribution in [0.2, 0.25) is 0 Å². The third-order valence-electron chi connectivity index (χ3n) is 2.68. The Bertz CT molecular complexity index is 235. The maximum absolute atomic E-state index is 11.6. The van der Waals surface area contributed by atoms with Crippen molar-refractivity contribution in [3.8, 4) is 0 Å². The van der Waals surface area contributed by atoms with E-state index >= 15 is 0 Å². The highest BCUT2D eigenvalue weighted by atomic mass is 32.2. The maximum Gasteiger partial charge on any atom is 0.198 e. The molecule has 0 aromatic carbocycles. The van der Waals surface area contributed by atoms with Crippen LogP contribution in [0.25, 0.3) is 0 Å². The van der Waals surface area contributed by atoms with Crippen molar-refractivity contribution in [2.75, 3.05) is 6.26 Å². The molecule has 2 nitrogen and oxygen atoms in total. The molecular weight excluding hydrogens is 184 g/mol. The molecule has 1 rings (SSSR count). The summed E-state index contributed by atoms with van der Waals surface area (Å²) >= 11 is 1.23. The number of hydrogen-bond donors (Lipinski definition) is 0. The van der Waals surface area contributed by atoms with Gasteiger partial charge >= 0.3 is 0 Å². The number of carbonyl (C=O) groups is 2. The molecule has 72 valence electrons. The van der Waals surface area contributed by atoms with Crippen molar-refractivity contribution in [1.29, 1.82) is 0 Å². The molecule has 0 aromatic rings. The second-order valence-corrected chi connectivity index (χ2v) is 4.17. The first kappa shape index (κ1) is 10.5. The van der Waals surface area contributed by atoms with E-state index in [1.807, 2.05) is 0 Å². The van der Waals surface area contributed by atoms with Gasteiger partial charge in [0, 0.05) is 12.8 Å². The standard InChI is InChI=1S/C10H14O2S/c1-3-10(9(12)13-2)6-4-8(11)5-7-10/h3H,1,4-7H2,2H3. The van der Waals surface area contributed by atoms with Gasteiger partial charge in [-0.05, 0) is 19.1 Å². The van der Waals surface area contributed by atoms with Crippen LogP contribution in [0.4, 0.5) is 0 Å². The lowest BCUT2D eigenvalue weighted by Gasteiger charge is -2.31. The van der Waals surface area contributed by atoms with Crippen LogP contribution in [0.15, 0.2) is 12.7 Å². The van der Waals surface area contributed by atoms with E-state index in [9.17, 15) is 9.59 Å². The zero-order valence-corrected chi connectivity index (χ0v) is 8.65. The smallest absolute Gasteiger partial charge is 0.198 e. The Hall–Kier alpha value is -0.570. The van der Waals surface area contributed by atoms with Crippen LogP contribution >= 0.6 is 11.8 Å². The molecule has 0 radical (unpaired) electrons. The lowest BCUT2D eigenvalue weighted by molar-refractivity contribution is -0.125. The summed E-state index contributed by atoms with van der Waals surface area (Å²) in [4.78, 5) is 22.6. The predicted octanol–water partition coefficient (Wildman–Crippen LogP) is 2.19. The minimum absolute atomic E-state index is 0.148. The summed E-state index contributed by atoms with van der Waals surface area (Å²) in [5, 5.41) is 0.148. The van der Waals surface area contributed by atoms with Gasteiger partial charge in [0.15, 0.2) is 5.12 Å². The summed E-state index contributed by atoms with van der Waals surface area (Å²) in [6.07, 6.45) is 5.85. The molecule has 1 saturated carbocycles. The summed E-state index contributed by atoms with van der Waals surface area (Å²) in [5.41, 5.74) is -0.423. The fourth-order valence-electron chi connectivity index (χ4n) is 1.67. The Morgan fingerprint density at radius 2 is 2.08 bits per heavy atom. The van der Waals surface area contributed by atoms with Gasteiger partial charge in [0.1, 0.15) is 5.78 Å². The van der Waals surface area contributed by atoms with Crippen LogP contribution in [0.5, 0.6) is 0 Å². The summed E-state index contributed by atoms with van der Waals surface area (Å²) in [5.74, 6) is 0.270. The molecule has 1 aliphatic carbocycles. The Kier molecular flexibility index (Phi) is 3.31. The monoisotopic (exact) mass is 198 g/mol. The molecule has 0 saturated heterocycles. The molecular formula is C10H14O2S. The predicted molar refractivity (Wildman–Crippen MR) is 54.6 cm³/mol. The van der Waals surface area contributed by atoms with Crippen LogP contribution in [-0.4, -0.2) is 17.2 Å². The average molecular weight is 198 g/mol. The summed E-state index contributed by atoms with van der Waals surface area (Å²) < 4.78 is 0. The van der Waals surface area contributed by atoms with Crippen molar-refractivity contribution in [3.05, 3.63) is 12.7 Å². The van der Waals surface area contributed by atoms with Gasteiger partial charge < -0.3 is 0 Å². The number of carbonyl (C=O) groups excluding carboxylic acids is 2. The second-order valence-electron chi connectivity index (χ2n) is 3.39. The van der Waals surface area contributed by atoms with E-state index in [4.69, 9.17) is 0 Å². The van der Waals surface area contributed by atoms with E-state index in [1.54, 1.807) is 12.3 Å². The molecule has 0 heterocycles. The molecule has 0 aliphatic heterocycles. The van der Waals surface area contributed by atoms with Crippen LogP contribution in [0.3, 0.4) is 0 Å². The molecule has 3 heteroatoms. The van der Waals surface area contributed by atoms with Gasteiger partial charge in [-0.25, -0.2) is 0 Å². The van der Waals surface area contributed by atoms with Crippen molar-refractivity contribution >= 4 is 22.7 Å². The number of thioether (sulfide) groups is 1. The lowest BCUT2D eigenvalue weighted by atomic mass is 9.75. The van der Waals surface area contributed by atoms with E-state index in [0.717, 1.165) is 0 Å². The van der Waals surface area contributed by atoms with Gasteiger partial charge in [-0.3, -0.25) is 9.59 Å². The highest BCUT2D eigenvalue weighted by Crippen LogP contribution is 2.39. The summed E-state index contributed by atoms with van der Waals surface area (Å²) in [6.45, 7) is 3.71. The quantitative estimate of drug-likeness (QED) is 0.638. The van der Waals surface area contributed by atoms with E-state index in [0.29, 0.717) is 25.7 Å². The van der Waals surface area contributed by atoms with Crippen LogP contribution in [0.1, 0.15) is 25.7 Å². The van der Waals surface area contributed by atoms with E-state index in [-0.39, 0.29) is 10.9 Å². The van der Waals surface area contributed by atoms with Gasteiger partial charge in [0.2, 0.25) is 0 Å². The zero-order chi connectivity index (χ0) is 9.90. The molecule has 0 amide bonds. The van der Waals surface area contributed by atoms with Gasteiger partial charge in [0.25, 0.3) is 0 Å². The van der Waals surface area contributed by atoms with Gasteiger partial charge in [-0.15, -0.1) is 6.58 Å². The molecule has 1 aliphatic rings. The number of Topliss-reactive ketones (excluding diaryl/α,β-unsaturated/α-hetero) is 1. The van der Waals surface area contributed by atoms with Crippen LogP contribution in [0, 0.1) is 5.41 Å². The number of hydrogen-bond acceptors (Lipinski definition) is 3. The molecule has 0 spiro atoms. The molecule has 0 aromatic heterocycles. The number of allylic oxidation sites excluding steroid dienone is 1. The first-order valence-corrected chi connectivity index (χ1v) is 5.61. The second kappa shape index (κ2) is 4.09. The lowest BCUT2D eigenvalue weighted by Crippen LogP contribution is -2.31. The Morgan fingerprint density at radius 1 is 1.54 bits per heavy atom. The third kappa shape index (κ3) is 2.02. The van der Waals surface area contributed by atoms with Crippen LogP contribution in [-0.2, 0) is 9.59 Å². The van der Waals surface area contributed by atoms with E-state index < -0.39 is 5.41 Å². The first-order valence-electron chi connectivity index (χ1n) is 4.38. The number of ketones is 1. The van der Waals surface area contributed by atoms with Gasteiger partial charge in [-0.2, -0.15) is 0 Å². The summed E-state index contributed by atoms with van der Waals surface area (Å²) in [7, 11) is 0. The van der Waals surface area contributed by atoms with Crippen molar-refractivity contribution < 1.29 is 9.59 Å². The Labute approximate surface area is 82.8 Å². The molecule has 0 N–H and O–H groups in total. The van der Waals surface area contributed by atoms with Gasteiger partial charge in [-0.1, -0.05) is 17.8 Å². The van der Waals surface area contributed by atoms with Crippen molar-refractivity contribution in [2.24, 2.45) is 5.41 Å². The molecule has 1 fully saturated rings. The van der Waals surface area contributed by atoms with E-state index in [1.165, 1.54) is 11.8 Å². The molecule has 0 bridgehead atoms. The largest absolute Gasteiger partial charge is 0.300 e. The number of rotatable bonds is 2. The highest BCUT2D eigenvalue weighted by molar-refractivity contribution is 8.13. The van der Waals surface area contributed by atoms with Crippen LogP contribution < -0.4 is 0 Å². The average Bonchev–Trinajstić information content (AvgIpc) is 2.18. The topological polar surface area (TPSA) is 34.1 Å². The van der Waals surface area contributed by atoms with Crippen molar-refractivity contribution in [3.63, 3.8) is 0 Å². The van der Waals surface area contributed by atoms with E-state index in [2.05, 4.69) is 6.58 Å². The van der Waals surface area contributed by atoms with Gasteiger partial charge in [0.05, 0.1) is 5.41 Å². The molecule has 0 unspecified atom stereocenters. The third-order valence-corrected chi connectivity index (χ3v) is 3.46. The Morgan fingerprint density at radius 3 is 2.46 bits per heavy atom. The maximum atomic E-state index is 11.6.